The van der Waals surface area contributed by atoms with Gasteiger partial charge in [0, 0.05) is 6.54 Å². The number of nitrogens with zero attached hydrogens (tertiary/aromatic N) is 3. The summed E-state index contributed by atoms with van der Waals surface area (Å²) in [7, 11) is 0. The molecule has 0 saturated carbocycles. The third-order valence-corrected chi connectivity index (χ3v) is 2.81. The molecule has 0 bridgehead atoms. The lowest BCUT2D eigenvalue weighted by Crippen LogP contribution is -2.33. The third kappa shape index (κ3) is 1.80. The van der Waals surface area contributed by atoms with Crippen LogP contribution in [0.5, 0.6) is 0 Å². The van der Waals surface area contributed by atoms with Crippen LogP contribution in [-0.4, -0.2) is 28.1 Å². The molecule has 1 N–H and O–H groups in total. The van der Waals surface area contributed by atoms with Gasteiger partial charge in [-0.3, -0.25) is 0 Å². The van der Waals surface area contributed by atoms with Crippen molar-refractivity contribution >= 4 is 0 Å². The highest BCUT2D eigenvalue weighted by Gasteiger charge is 2.19. The van der Waals surface area contributed by atoms with E-state index in [-0.39, 0.29) is 0 Å². The summed E-state index contributed by atoms with van der Waals surface area (Å²) >= 11 is 0. The van der Waals surface area contributed by atoms with Crippen molar-refractivity contribution in [3.8, 4) is 0 Å². The molecule has 0 spiro atoms. The number of nitrogens with one attached hydrogen (secondary N) is 1. The van der Waals surface area contributed by atoms with Crippen LogP contribution in [0.4, 0.5) is 0 Å². The van der Waals surface area contributed by atoms with Crippen LogP contribution < -0.4 is 5.32 Å². The normalized spacial score (nSPS) is 22.9. The maximum atomic E-state index is 4.19. The minimum Gasteiger partial charge on any atom is -0.315 e. The Morgan fingerprint density at radius 1 is 1.57 bits per heavy atom. The van der Waals surface area contributed by atoms with E-state index in [2.05, 4.69) is 34.2 Å². The molecule has 1 aromatic heterocycles. The maximum Gasteiger partial charge on any atom is 0.0727 e. The van der Waals surface area contributed by atoms with Crippen molar-refractivity contribution in [2.75, 3.05) is 13.1 Å². The van der Waals surface area contributed by atoms with Crippen molar-refractivity contribution in [3.63, 3.8) is 0 Å². The highest BCUT2D eigenvalue weighted by molar-refractivity contribution is 5.02. The minimum atomic E-state index is 0.503. The molecule has 0 aliphatic carbocycles. The van der Waals surface area contributed by atoms with Crippen molar-refractivity contribution in [1.29, 1.82) is 0 Å². The molecule has 0 radical (unpaired) electrons. The summed E-state index contributed by atoms with van der Waals surface area (Å²) in [5.74, 6) is 0.506. The average Bonchev–Trinajstić information content (AvgIpc) is 2.67. The molecule has 1 unspecified atom stereocenters. The van der Waals surface area contributed by atoms with Gasteiger partial charge in [0.1, 0.15) is 0 Å². The van der Waals surface area contributed by atoms with Gasteiger partial charge in [-0.2, -0.15) is 0 Å². The van der Waals surface area contributed by atoms with Crippen molar-refractivity contribution < 1.29 is 0 Å². The van der Waals surface area contributed by atoms with Gasteiger partial charge in [-0.1, -0.05) is 19.1 Å². The van der Waals surface area contributed by atoms with E-state index in [4.69, 9.17) is 0 Å². The van der Waals surface area contributed by atoms with Crippen LogP contribution in [0.2, 0.25) is 0 Å². The first-order valence-corrected chi connectivity index (χ1v) is 5.40. The summed E-state index contributed by atoms with van der Waals surface area (Å²) in [5, 5.41) is 11.6. The second-order valence-electron chi connectivity index (χ2n) is 4.26. The molecule has 2 rings (SSSR count). The molecule has 4 nitrogen and oxygen atoms in total. The number of hydrogen-bond acceptors (Lipinski definition) is 3. The van der Waals surface area contributed by atoms with Crippen molar-refractivity contribution in [2.24, 2.45) is 0 Å². The molecule has 1 saturated heterocycles. The molecular weight excluding hydrogens is 176 g/mol. The number of piperidine rings is 1. The van der Waals surface area contributed by atoms with Crippen molar-refractivity contribution in [2.45, 2.75) is 38.6 Å². The van der Waals surface area contributed by atoms with Gasteiger partial charge >= 0.3 is 0 Å². The first-order valence-electron chi connectivity index (χ1n) is 5.40. The number of rotatable bonds is 2. The minimum absolute atomic E-state index is 0.503. The quantitative estimate of drug-likeness (QED) is 0.772. The second-order valence-corrected chi connectivity index (χ2v) is 4.26. The van der Waals surface area contributed by atoms with E-state index in [9.17, 15) is 0 Å². The Kier molecular flexibility index (Phi) is 2.82. The SMILES string of the molecule is CC(C)c1cnnn1C1CCCNC1. The Morgan fingerprint density at radius 3 is 3.07 bits per heavy atom. The van der Waals surface area contributed by atoms with E-state index in [1.165, 1.54) is 18.5 Å². The molecule has 1 aliphatic rings. The van der Waals surface area contributed by atoms with E-state index >= 15 is 0 Å². The molecule has 4 heteroatoms. The molecule has 1 aromatic rings. The standard InChI is InChI=1S/C10H18N4/c1-8(2)10-7-12-13-14(10)9-4-3-5-11-6-9/h7-9,11H,3-6H2,1-2H3. The fraction of sp³-hybridized carbons (Fsp3) is 0.800. The Labute approximate surface area is 84.7 Å². The van der Waals surface area contributed by atoms with Gasteiger partial charge < -0.3 is 5.32 Å². The summed E-state index contributed by atoms with van der Waals surface area (Å²) in [5.41, 5.74) is 1.25. The zero-order chi connectivity index (χ0) is 9.97. The zero-order valence-electron chi connectivity index (χ0n) is 8.90. The van der Waals surface area contributed by atoms with Gasteiger partial charge in [0.2, 0.25) is 0 Å². The van der Waals surface area contributed by atoms with Crippen LogP contribution in [-0.2, 0) is 0 Å². The lowest BCUT2D eigenvalue weighted by molar-refractivity contribution is 0.331. The second kappa shape index (κ2) is 4.09. The monoisotopic (exact) mass is 194 g/mol. The van der Waals surface area contributed by atoms with Crippen LogP contribution in [0.25, 0.3) is 0 Å². The maximum absolute atomic E-state index is 4.19. The van der Waals surface area contributed by atoms with Gasteiger partial charge in [-0.05, 0) is 25.3 Å². The Balaban J connectivity index is 2.17. The molecule has 1 atom stereocenters. The van der Waals surface area contributed by atoms with Crippen LogP contribution in [0.3, 0.4) is 0 Å². The van der Waals surface area contributed by atoms with Crippen molar-refractivity contribution in [1.82, 2.24) is 20.3 Å². The van der Waals surface area contributed by atoms with Gasteiger partial charge in [-0.15, -0.1) is 5.10 Å². The molecule has 1 aliphatic heterocycles. The highest BCUT2D eigenvalue weighted by Crippen LogP contribution is 2.21. The van der Waals surface area contributed by atoms with Gasteiger partial charge in [0.25, 0.3) is 0 Å². The van der Waals surface area contributed by atoms with E-state index in [0.717, 1.165) is 13.1 Å². The molecular formula is C10H18N4. The van der Waals surface area contributed by atoms with E-state index in [1.54, 1.807) is 0 Å². The molecule has 78 valence electrons. The molecule has 1 fully saturated rings. The van der Waals surface area contributed by atoms with Crippen LogP contribution in [0, 0.1) is 0 Å². The van der Waals surface area contributed by atoms with Gasteiger partial charge in [0.05, 0.1) is 17.9 Å². The first-order chi connectivity index (χ1) is 6.79. The number of hydrogen-bond donors (Lipinski definition) is 1. The molecule has 2 heterocycles. The summed E-state index contributed by atoms with van der Waals surface area (Å²) in [4.78, 5) is 0. The smallest absolute Gasteiger partial charge is 0.0727 e. The average molecular weight is 194 g/mol. The number of aromatic nitrogens is 3. The Hall–Kier alpha value is -0.900. The zero-order valence-corrected chi connectivity index (χ0v) is 8.90. The summed E-state index contributed by atoms with van der Waals surface area (Å²) in [6.45, 7) is 6.54. The Morgan fingerprint density at radius 2 is 2.43 bits per heavy atom. The lowest BCUT2D eigenvalue weighted by Gasteiger charge is -2.24. The fourth-order valence-electron chi connectivity index (χ4n) is 1.99. The highest BCUT2D eigenvalue weighted by atomic mass is 15.4. The topological polar surface area (TPSA) is 42.7 Å². The van der Waals surface area contributed by atoms with E-state index < -0.39 is 0 Å². The van der Waals surface area contributed by atoms with E-state index in [0.29, 0.717) is 12.0 Å². The fourth-order valence-corrected chi connectivity index (χ4v) is 1.99. The van der Waals surface area contributed by atoms with Crippen LogP contribution in [0.1, 0.15) is 44.3 Å². The molecule has 0 aromatic carbocycles. The van der Waals surface area contributed by atoms with E-state index in [1.807, 2.05) is 6.20 Å². The van der Waals surface area contributed by atoms with Gasteiger partial charge in [-0.25, -0.2) is 4.68 Å². The summed E-state index contributed by atoms with van der Waals surface area (Å²) < 4.78 is 2.09. The molecule has 14 heavy (non-hydrogen) atoms. The Bertz CT molecular complexity index is 286. The van der Waals surface area contributed by atoms with Crippen molar-refractivity contribution in [3.05, 3.63) is 11.9 Å². The largest absolute Gasteiger partial charge is 0.315 e. The van der Waals surface area contributed by atoms with Crippen LogP contribution in [0.15, 0.2) is 6.20 Å². The predicted octanol–water partition coefficient (Wildman–Crippen LogP) is 1.33. The first kappa shape index (κ1) is 9.65. The molecule has 0 amide bonds. The lowest BCUT2D eigenvalue weighted by atomic mass is 10.1. The summed E-state index contributed by atoms with van der Waals surface area (Å²) in [6.07, 6.45) is 4.34. The predicted molar refractivity (Wildman–Crippen MR) is 55.3 cm³/mol. The third-order valence-electron chi connectivity index (χ3n) is 2.81. The summed E-state index contributed by atoms with van der Waals surface area (Å²) in [6, 6.07) is 0.503. The van der Waals surface area contributed by atoms with Crippen LogP contribution >= 0.6 is 0 Å². The van der Waals surface area contributed by atoms with Gasteiger partial charge in [0.15, 0.2) is 0 Å².